The van der Waals surface area contributed by atoms with Crippen LogP contribution in [-0.2, 0) is 9.59 Å². The average molecular weight is 429 g/mol. The third-order valence-corrected chi connectivity index (χ3v) is 5.58. The second-order valence-electron chi connectivity index (χ2n) is 6.14. The molecule has 0 radical (unpaired) electrons. The van der Waals surface area contributed by atoms with Gasteiger partial charge in [-0.25, -0.2) is 0 Å². The van der Waals surface area contributed by atoms with Gasteiger partial charge in [-0.15, -0.1) is 0 Å². The summed E-state index contributed by atoms with van der Waals surface area (Å²) in [5, 5.41) is 2.80. The Balaban J connectivity index is 1.59. The molecule has 1 N–H and O–H groups in total. The van der Waals surface area contributed by atoms with Crippen LogP contribution < -0.4 is 14.8 Å². The monoisotopic (exact) mass is 428 g/mol. The molecular weight excluding hydrogens is 408 g/mol. The number of anilines is 1. The number of rotatable bonds is 7. The molecule has 150 valence electrons. The summed E-state index contributed by atoms with van der Waals surface area (Å²) >= 11 is 6.56. The van der Waals surface area contributed by atoms with E-state index in [0.717, 1.165) is 5.56 Å². The topological polar surface area (TPSA) is 67.9 Å². The first-order valence-corrected chi connectivity index (χ1v) is 10.1. The first-order valence-electron chi connectivity index (χ1n) is 8.83. The maximum atomic E-state index is 12.7. The lowest BCUT2D eigenvalue weighted by atomic mass is 10.2. The molecule has 2 amide bonds. The minimum absolute atomic E-state index is 0.144. The zero-order valence-electron chi connectivity index (χ0n) is 16.0. The number of nitrogens with one attached hydrogen (secondary N) is 1. The van der Waals surface area contributed by atoms with Crippen molar-refractivity contribution >= 4 is 51.9 Å². The fraction of sp³-hybridized carbons (Fsp3) is 0.190. The lowest BCUT2D eigenvalue weighted by molar-refractivity contribution is -0.122. The van der Waals surface area contributed by atoms with Gasteiger partial charge in [0.05, 0.1) is 19.1 Å². The second kappa shape index (κ2) is 9.58. The average Bonchev–Trinajstić information content (AvgIpc) is 2.99. The first kappa shape index (κ1) is 20.9. The van der Waals surface area contributed by atoms with Crippen molar-refractivity contribution < 1.29 is 19.1 Å². The van der Waals surface area contributed by atoms with E-state index in [9.17, 15) is 9.59 Å². The highest BCUT2D eigenvalue weighted by Gasteiger charge is 2.32. The molecule has 29 heavy (non-hydrogen) atoms. The van der Waals surface area contributed by atoms with E-state index in [1.165, 1.54) is 16.7 Å². The summed E-state index contributed by atoms with van der Waals surface area (Å²) in [7, 11) is 3.17. The normalized spacial score (nSPS) is 15.0. The van der Waals surface area contributed by atoms with Crippen LogP contribution in [0.2, 0.25) is 0 Å². The van der Waals surface area contributed by atoms with Crippen LogP contribution in [0, 0.1) is 0 Å². The fourth-order valence-electron chi connectivity index (χ4n) is 2.69. The molecule has 1 fully saturated rings. The van der Waals surface area contributed by atoms with Crippen molar-refractivity contribution in [2.24, 2.45) is 0 Å². The van der Waals surface area contributed by atoms with Crippen LogP contribution in [0.5, 0.6) is 11.5 Å². The number of hydrogen-bond acceptors (Lipinski definition) is 6. The van der Waals surface area contributed by atoms with Gasteiger partial charge in [0.2, 0.25) is 5.91 Å². The molecule has 8 heteroatoms. The Hall–Kier alpha value is -2.84. The molecule has 0 spiro atoms. The number of hydrogen-bond donors (Lipinski definition) is 1. The van der Waals surface area contributed by atoms with Crippen LogP contribution in [-0.4, -0.2) is 41.8 Å². The molecule has 0 unspecified atom stereocenters. The zero-order chi connectivity index (χ0) is 20.8. The number of benzene rings is 2. The van der Waals surface area contributed by atoms with Crippen molar-refractivity contribution in [3.8, 4) is 11.5 Å². The molecule has 2 aromatic rings. The summed E-state index contributed by atoms with van der Waals surface area (Å²) < 4.78 is 10.7. The van der Waals surface area contributed by atoms with E-state index in [1.807, 2.05) is 24.3 Å². The van der Waals surface area contributed by atoms with Gasteiger partial charge in [0.1, 0.15) is 15.8 Å². The van der Waals surface area contributed by atoms with Crippen molar-refractivity contribution in [3.05, 3.63) is 59.0 Å². The summed E-state index contributed by atoms with van der Waals surface area (Å²) in [6.45, 7) is 0.224. The highest BCUT2D eigenvalue weighted by molar-refractivity contribution is 8.26. The SMILES string of the molecule is COc1ccc(NC(=O)CCN2C(=O)/C(=C/c3cccc(OC)c3)SC2=S)cc1. The summed E-state index contributed by atoms with van der Waals surface area (Å²) in [6, 6.07) is 14.5. The molecule has 1 heterocycles. The molecule has 1 aliphatic rings. The standard InChI is InChI=1S/C21H20N2O4S2/c1-26-16-8-6-15(7-9-16)22-19(24)10-11-23-20(25)18(29-21(23)28)13-14-4-3-5-17(12-14)27-2/h3-9,12-13H,10-11H2,1-2H3,(H,22,24)/b18-13-. The number of ether oxygens (including phenoxy) is 2. The zero-order valence-corrected chi connectivity index (χ0v) is 17.6. The van der Waals surface area contributed by atoms with Crippen molar-refractivity contribution in [3.63, 3.8) is 0 Å². The summed E-state index contributed by atoms with van der Waals surface area (Å²) in [5.74, 6) is 1.04. The number of carbonyl (C=O) groups excluding carboxylic acids is 2. The molecule has 2 aromatic carbocycles. The Labute approximate surface area is 178 Å². The van der Waals surface area contributed by atoms with E-state index in [2.05, 4.69) is 5.32 Å². The van der Waals surface area contributed by atoms with Crippen molar-refractivity contribution in [1.82, 2.24) is 4.90 Å². The highest BCUT2D eigenvalue weighted by Crippen LogP contribution is 2.33. The van der Waals surface area contributed by atoms with Crippen LogP contribution >= 0.6 is 24.0 Å². The van der Waals surface area contributed by atoms with E-state index in [1.54, 1.807) is 44.6 Å². The first-order chi connectivity index (χ1) is 14.0. The molecule has 1 aliphatic heterocycles. The minimum Gasteiger partial charge on any atom is -0.497 e. The van der Waals surface area contributed by atoms with Crippen LogP contribution in [0.25, 0.3) is 6.08 Å². The molecule has 6 nitrogen and oxygen atoms in total. The van der Waals surface area contributed by atoms with Gasteiger partial charge in [0, 0.05) is 18.7 Å². The number of nitrogens with zero attached hydrogens (tertiary/aromatic N) is 1. The third kappa shape index (κ3) is 5.36. The van der Waals surface area contributed by atoms with E-state index < -0.39 is 0 Å². The lowest BCUT2D eigenvalue weighted by Crippen LogP contribution is -2.31. The number of thioether (sulfide) groups is 1. The molecule has 0 bridgehead atoms. The molecule has 0 aromatic heterocycles. The van der Waals surface area contributed by atoms with Gasteiger partial charge < -0.3 is 14.8 Å². The van der Waals surface area contributed by atoms with Gasteiger partial charge in [-0.1, -0.05) is 36.1 Å². The highest BCUT2D eigenvalue weighted by atomic mass is 32.2. The molecule has 3 rings (SSSR count). The largest absolute Gasteiger partial charge is 0.497 e. The Kier molecular flexibility index (Phi) is 6.90. The second-order valence-corrected chi connectivity index (χ2v) is 7.81. The van der Waals surface area contributed by atoms with E-state index in [4.69, 9.17) is 21.7 Å². The van der Waals surface area contributed by atoms with Crippen LogP contribution in [0.1, 0.15) is 12.0 Å². The lowest BCUT2D eigenvalue weighted by Gasteiger charge is -2.14. The van der Waals surface area contributed by atoms with Crippen molar-refractivity contribution in [2.75, 3.05) is 26.1 Å². The summed E-state index contributed by atoms with van der Waals surface area (Å²) in [4.78, 5) is 26.9. The Morgan fingerprint density at radius 3 is 2.55 bits per heavy atom. The van der Waals surface area contributed by atoms with Crippen LogP contribution in [0.3, 0.4) is 0 Å². The summed E-state index contributed by atoms with van der Waals surface area (Å²) in [6.07, 6.45) is 1.92. The predicted molar refractivity (Wildman–Crippen MR) is 119 cm³/mol. The molecule has 0 saturated carbocycles. The van der Waals surface area contributed by atoms with Crippen LogP contribution in [0.4, 0.5) is 5.69 Å². The van der Waals surface area contributed by atoms with Crippen molar-refractivity contribution in [2.45, 2.75) is 6.42 Å². The third-order valence-electron chi connectivity index (χ3n) is 4.20. The number of thiocarbonyl (C=S) groups is 1. The maximum Gasteiger partial charge on any atom is 0.266 e. The number of amides is 2. The van der Waals surface area contributed by atoms with E-state index in [0.29, 0.717) is 26.4 Å². The van der Waals surface area contributed by atoms with Gasteiger partial charge in [-0.05, 0) is 48.0 Å². The molecule has 0 atom stereocenters. The Morgan fingerprint density at radius 1 is 1.14 bits per heavy atom. The fourth-order valence-corrected chi connectivity index (χ4v) is 4.00. The van der Waals surface area contributed by atoms with E-state index >= 15 is 0 Å². The Bertz CT molecular complexity index is 957. The molecule has 1 saturated heterocycles. The summed E-state index contributed by atoms with van der Waals surface area (Å²) in [5.41, 5.74) is 1.52. The Morgan fingerprint density at radius 2 is 1.86 bits per heavy atom. The quantitative estimate of drug-likeness (QED) is 0.532. The van der Waals surface area contributed by atoms with Gasteiger partial charge in [0.15, 0.2) is 0 Å². The predicted octanol–water partition coefficient (Wildman–Crippen LogP) is 3.93. The van der Waals surface area contributed by atoms with Gasteiger partial charge in [-0.3, -0.25) is 14.5 Å². The van der Waals surface area contributed by atoms with Gasteiger partial charge in [-0.2, -0.15) is 0 Å². The van der Waals surface area contributed by atoms with Gasteiger partial charge in [0.25, 0.3) is 5.91 Å². The van der Waals surface area contributed by atoms with Crippen LogP contribution in [0.15, 0.2) is 53.4 Å². The maximum absolute atomic E-state index is 12.7. The number of carbonyl (C=O) groups is 2. The smallest absolute Gasteiger partial charge is 0.266 e. The van der Waals surface area contributed by atoms with Crippen molar-refractivity contribution in [1.29, 1.82) is 0 Å². The number of methoxy groups -OCH3 is 2. The molecule has 0 aliphatic carbocycles. The molecular formula is C21H20N2O4S2. The minimum atomic E-state index is -0.194. The van der Waals surface area contributed by atoms with E-state index in [-0.39, 0.29) is 24.8 Å². The van der Waals surface area contributed by atoms with Gasteiger partial charge >= 0.3 is 0 Å².